The topological polar surface area (TPSA) is 27.3 Å². The van der Waals surface area contributed by atoms with Gasteiger partial charge in [0.15, 0.2) is 17.2 Å². The predicted molar refractivity (Wildman–Crippen MR) is 114 cm³/mol. The molecule has 0 saturated heterocycles. The van der Waals surface area contributed by atoms with Crippen molar-refractivity contribution in [3.8, 4) is 28.4 Å². The molecule has 0 amide bonds. The van der Waals surface area contributed by atoms with E-state index in [2.05, 4.69) is 15.3 Å². The number of nitrogens with zero attached hydrogens (tertiary/aromatic N) is 2. The van der Waals surface area contributed by atoms with Crippen LogP contribution in [0.25, 0.3) is 16.9 Å². The zero-order valence-electron chi connectivity index (χ0n) is 17.1. The molecule has 1 aromatic heterocycles. The first-order valence-electron chi connectivity index (χ1n) is 10.0. The largest absolute Gasteiger partial charge is 0.493 e. The van der Waals surface area contributed by atoms with Crippen LogP contribution in [0.1, 0.15) is 25.1 Å². The fraction of sp³-hybridized carbons (Fsp3) is 0.348. The number of imidazole rings is 1. The first-order chi connectivity index (χ1) is 14.6. The maximum absolute atomic E-state index is 12.7. The van der Waals surface area contributed by atoms with Crippen LogP contribution < -0.4 is 14.0 Å². The lowest BCUT2D eigenvalue weighted by atomic mass is 10.1. The van der Waals surface area contributed by atoms with Gasteiger partial charge < -0.3 is 9.47 Å². The summed E-state index contributed by atoms with van der Waals surface area (Å²) in [5.74, 6) is 0.209. The van der Waals surface area contributed by atoms with Gasteiger partial charge in [0, 0.05) is 16.9 Å². The van der Waals surface area contributed by atoms with E-state index in [1.807, 2.05) is 30.3 Å². The van der Waals surface area contributed by atoms with Gasteiger partial charge in [-0.3, -0.25) is 0 Å². The normalized spacial score (nSPS) is 13.8. The number of ether oxygens (including phenoxy) is 2. The molecule has 0 bridgehead atoms. The van der Waals surface area contributed by atoms with Gasteiger partial charge in [0.1, 0.15) is 11.9 Å². The Morgan fingerprint density at radius 1 is 0.967 bits per heavy atom. The minimum atomic E-state index is -2.41. The molecule has 0 fully saturated rings. The van der Waals surface area contributed by atoms with Crippen molar-refractivity contribution in [1.82, 2.24) is 4.57 Å². The summed E-state index contributed by atoms with van der Waals surface area (Å²) in [6.45, 7) is 0.950. The van der Waals surface area contributed by atoms with Crippen LogP contribution in [0.2, 0.25) is 0 Å². The summed E-state index contributed by atoms with van der Waals surface area (Å²) in [7, 11) is 3.27. The molecule has 0 aliphatic carbocycles. The van der Waals surface area contributed by atoms with Gasteiger partial charge in [-0.25, -0.2) is 4.57 Å². The Labute approximate surface area is 179 Å². The highest BCUT2D eigenvalue weighted by molar-refractivity contribution is 7.99. The van der Waals surface area contributed by atoms with Crippen molar-refractivity contribution in [3.05, 3.63) is 54.5 Å². The number of halogens is 2. The van der Waals surface area contributed by atoms with Gasteiger partial charge in [-0.05, 0) is 61.7 Å². The standard InChI is InChI=1S/C23H25F2N2O2S/c1-28-20-12-7-16(14-21(20)29-2)19-15-27(22-6-4-3-5-13-26(19)22)17-8-10-18(11-9-17)30-23(24)25/h7-12,14-15,23H,3-6,13H2,1-2H3/q+1. The van der Waals surface area contributed by atoms with Crippen LogP contribution in [0, 0.1) is 0 Å². The number of thioether (sulfide) groups is 1. The van der Waals surface area contributed by atoms with E-state index >= 15 is 0 Å². The average molecular weight is 432 g/mol. The van der Waals surface area contributed by atoms with E-state index in [1.54, 1.807) is 26.4 Å². The summed E-state index contributed by atoms with van der Waals surface area (Å²) in [5, 5.41) is 0. The van der Waals surface area contributed by atoms with Gasteiger partial charge in [0.05, 0.1) is 20.8 Å². The van der Waals surface area contributed by atoms with E-state index in [0.29, 0.717) is 28.2 Å². The zero-order valence-corrected chi connectivity index (χ0v) is 17.9. The average Bonchev–Trinajstić information content (AvgIpc) is 2.94. The molecule has 7 heteroatoms. The van der Waals surface area contributed by atoms with E-state index in [9.17, 15) is 8.78 Å². The van der Waals surface area contributed by atoms with E-state index in [4.69, 9.17) is 9.47 Å². The van der Waals surface area contributed by atoms with Crippen molar-refractivity contribution in [2.75, 3.05) is 14.2 Å². The number of methoxy groups -OCH3 is 2. The van der Waals surface area contributed by atoms with Crippen molar-refractivity contribution in [2.24, 2.45) is 0 Å². The molecule has 2 heterocycles. The summed E-state index contributed by atoms with van der Waals surface area (Å²) < 4.78 is 40.8. The Balaban J connectivity index is 1.79. The van der Waals surface area contributed by atoms with Gasteiger partial charge in [-0.1, -0.05) is 11.8 Å². The van der Waals surface area contributed by atoms with E-state index in [-0.39, 0.29) is 0 Å². The number of hydrogen-bond donors (Lipinski definition) is 0. The number of aromatic nitrogens is 2. The van der Waals surface area contributed by atoms with Crippen LogP contribution >= 0.6 is 11.8 Å². The minimum absolute atomic E-state index is 0.569. The molecule has 4 nitrogen and oxygen atoms in total. The van der Waals surface area contributed by atoms with Crippen molar-refractivity contribution in [1.29, 1.82) is 0 Å². The third-order valence-electron chi connectivity index (χ3n) is 5.43. The first kappa shape index (κ1) is 20.7. The molecule has 30 heavy (non-hydrogen) atoms. The molecule has 1 aliphatic heterocycles. The van der Waals surface area contributed by atoms with Gasteiger partial charge in [0.25, 0.3) is 11.6 Å². The smallest absolute Gasteiger partial charge is 0.288 e. The van der Waals surface area contributed by atoms with Crippen LogP contribution in [0.4, 0.5) is 8.78 Å². The summed E-state index contributed by atoms with van der Waals surface area (Å²) in [6, 6.07) is 13.3. The van der Waals surface area contributed by atoms with Gasteiger partial charge in [0.2, 0.25) is 0 Å². The molecular weight excluding hydrogens is 406 g/mol. The minimum Gasteiger partial charge on any atom is -0.493 e. The molecule has 0 saturated carbocycles. The Morgan fingerprint density at radius 3 is 2.43 bits per heavy atom. The van der Waals surface area contributed by atoms with Crippen LogP contribution in [0.3, 0.4) is 0 Å². The lowest BCUT2D eigenvalue weighted by molar-refractivity contribution is -0.692. The van der Waals surface area contributed by atoms with Gasteiger partial charge >= 0.3 is 0 Å². The van der Waals surface area contributed by atoms with E-state index < -0.39 is 5.76 Å². The SMILES string of the molecule is COc1ccc(-c2cn(-c3ccc(SC(F)F)cc3)c3[n+]2CCCCC3)cc1OC. The number of hydrogen-bond acceptors (Lipinski definition) is 3. The molecule has 158 valence electrons. The second-order valence-corrected chi connectivity index (χ2v) is 8.27. The number of benzene rings is 2. The lowest BCUT2D eigenvalue weighted by Gasteiger charge is -2.09. The highest BCUT2D eigenvalue weighted by Crippen LogP contribution is 2.33. The number of rotatable bonds is 6. The molecule has 0 N–H and O–H groups in total. The maximum Gasteiger partial charge on any atom is 0.288 e. The van der Waals surface area contributed by atoms with E-state index in [0.717, 1.165) is 42.8 Å². The quantitative estimate of drug-likeness (QED) is 0.382. The molecule has 0 radical (unpaired) electrons. The van der Waals surface area contributed by atoms with Crippen molar-refractivity contribution in [3.63, 3.8) is 0 Å². The Hall–Kier alpha value is -2.54. The van der Waals surface area contributed by atoms with Crippen molar-refractivity contribution < 1.29 is 22.8 Å². The summed E-state index contributed by atoms with van der Waals surface area (Å²) in [6.07, 6.45) is 6.57. The molecular formula is C23H25F2N2O2S+. The summed E-state index contributed by atoms with van der Waals surface area (Å²) in [4.78, 5) is 0.569. The van der Waals surface area contributed by atoms with Crippen LogP contribution in [0.15, 0.2) is 53.6 Å². The molecule has 0 atom stereocenters. The van der Waals surface area contributed by atoms with Crippen molar-refractivity contribution >= 4 is 11.8 Å². The maximum atomic E-state index is 12.7. The molecule has 4 rings (SSSR count). The van der Waals surface area contributed by atoms with Crippen LogP contribution in [0.5, 0.6) is 11.5 Å². The fourth-order valence-corrected chi connectivity index (χ4v) is 4.51. The highest BCUT2D eigenvalue weighted by Gasteiger charge is 2.27. The molecule has 0 unspecified atom stereocenters. The van der Waals surface area contributed by atoms with E-state index in [1.165, 1.54) is 12.2 Å². The Bertz CT molecular complexity index is 1020. The highest BCUT2D eigenvalue weighted by atomic mass is 32.2. The first-order valence-corrected chi connectivity index (χ1v) is 10.9. The molecule has 0 spiro atoms. The summed E-state index contributed by atoms with van der Waals surface area (Å²) in [5.41, 5.74) is 3.14. The number of alkyl halides is 2. The zero-order chi connectivity index (χ0) is 21.1. The molecule has 2 aromatic carbocycles. The van der Waals surface area contributed by atoms with Crippen LogP contribution in [-0.4, -0.2) is 24.5 Å². The lowest BCUT2D eigenvalue weighted by Crippen LogP contribution is -2.38. The second-order valence-electron chi connectivity index (χ2n) is 7.21. The van der Waals surface area contributed by atoms with Gasteiger partial charge in [-0.15, -0.1) is 0 Å². The monoisotopic (exact) mass is 431 g/mol. The second kappa shape index (κ2) is 9.08. The van der Waals surface area contributed by atoms with Crippen molar-refractivity contribution in [2.45, 2.75) is 42.9 Å². The Kier molecular flexibility index (Phi) is 6.27. The molecule has 3 aromatic rings. The predicted octanol–water partition coefficient (Wildman–Crippen LogP) is 5.49. The van der Waals surface area contributed by atoms with Crippen LogP contribution in [-0.2, 0) is 13.0 Å². The third-order valence-corrected chi connectivity index (χ3v) is 6.16. The van der Waals surface area contributed by atoms with Gasteiger partial charge in [-0.2, -0.15) is 13.3 Å². The Morgan fingerprint density at radius 2 is 1.73 bits per heavy atom. The summed E-state index contributed by atoms with van der Waals surface area (Å²) >= 11 is 0.571. The molecule has 1 aliphatic rings. The fourth-order valence-electron chi connectivity index (χ4n) is 4.01. The third kappa shape index (κ3) is 4.17. The number of fused-ring (bicyclic) bond motifs is 1.